The zero-order chi connectivity index (χ0) is 20.3. The van der Waals surface area contributed by atoms with Crippen LogP contribution < -0.4 is 5.32 Å². The third-order valence-electron chi connectivity index (χ3n) is 5.17. The number of benzene rings is 2. The van der Waals surface area contributed by atoms with Crippen LogP contribution in [0.25, 0.3) is 0 Å². The molecule has 0 atom stereocenters. The lowest BCUT2D eigenvalue weighted by Crippen LogP contribution is -2.41. The zero-order valence-electron chi connectivity index (χ0n) is 16.4. The van der Waals surface area contributed by atoms with Crippen molar-refractivity contribution in [1.29, 1.82) is 0 Å². The van der Waals surface area contributed by atoms with E-state index in [4.69, 9.17) is 0 Å². The number of nitrogens with zero attached hydrogens (tertiary/aromatic N) is 1. The largest absolute Gasteiger partial charge is 0.326 e. The van der Waals surface area contributed by atoms with Crippen LogP contribution in [0.4, 0.5) is 5.69 Å². The van der Waals surface area contributed by atoms with Crippen LogP contribution in [0.3, 0.4) is 0 Å². The molecule has 2 aromatic rings. The van der Waals surface area contributed by atoms with E-state index in [-0.39, 0.29) is 11.8 Å². The molecule has 0 spiro atoms. The minimum Gasteiger partial charge on any atom is -0.326 e. The molecule has 7 heteroatoms. The van der Waals surface area contributed by atoms with Crippen LogP contribution in [0.5, 0.6) is 0 Å². The quantitative estimate of drug-likeness (QED) is 0.744. The second kappa shape index (κ2) is 8.68. The first-order chi connectivity index (χ1) is 13.3. The normalized spacial score (nSPS) is 16.1. The molecule has 2 aromatic carbocycles. The second-order valence-corrected chi connectivity index (χ2v) is 9.98. The van der Waals surface area contributed by atoms with Gasteiger partial charge in [0.1, 0.15) is 0 Å². The van der Waals surface area contributed by atoms with Crippen molar-refractivity contribution < 1.29 is 13.2 Å². The fraction of sp³-hybridized carbons (Fsp3) is 0.381. The molecule has 1 fully saturated rings. The lowest BCUT2D eigenvalue weighted by atomic mass is 9.97. The van der Waals surface area contributed by atoms with Crippen LogP contribution in [0.15, 0.2) is 52.3 Å². The summed E-state index contributed by atoms with van der Waals surface area (Å²) in [5.74, 6) is -0.208. The van der Waals surface area contributed by atoms with Gasteiger partial charge in [0, 0.05) is 29.6 Å². The monoisotopic (exact) mass is 418 g/mol. The average Bonchev–Trinajstić information content (AvgIpc) is 2.71. The molecule has 1 aliphatic heterocycles. The third kappa shape index (κ3) is 4.59. The van der Waals surface area contributed by atoms with E-state index in [2.05, 4.69) is 5.32 Å². The van der Waals surface area contributed by atoms with Gasteiger partial charge in [-0.3, -0.25) is 4.79 Å². The fourth-order valence-corrected chi connectivity index (χ4v) is 5.24. The maximum absolute atomic E-state index is 12.9. The van der Waals surface area contributed by atoms with E-state index in [1.807, 2.05) is 50.4 Å². The summed E-state index contributed by atoms with van der Waals surface area (Å²) in [6.07, 6.45) is 3.01. The van der Waals surface area contributed by atoms with Crippen molar-refractivity contribution in [3.63, 3.8) is 0 Å². The summed E-state index contributed by atoms with van der Waals surface area (Å²) in [6, 6.07) is 12.9. The number of carbonyl (C=O) groups is 1. The van der Waals surface area contributed by atoms with Crippen LogP contribution in [0, 0.1) is 19.8 Å². The summed E-state index contributed by atoms with van der Waals surface area (Å²) in [7, 11) is -3.51. The van der Waals surface area contributed by atoms with Gasteiger partial charge in [-0.2, -0.15) is 4.31 Å². The molecule has 3 rings (SSSR count). The minimum atomic E-state index is -3.51. The molecule has 5 nitrogen and oxygen atoms in total. The Morgan fingerprint density at radius 1 is 1.07 bits per heavy atom. The van der Waals surface area contributed by atoms with Crippen molar-refractivity contribution in [3.8, 4) is 0 Å². The van der Waals surface area contributed by atoms with Crippen LogP contribution in [-0.2, 0) is 14.8 Å². The lowest BCUT2D eigenvalue weighted by Gasteiger charge is -2.30. The summed E-state index contributed by atoms with van der Waals surface area (Å²) >= 11 is 1.58. The van der Waals surface area contributed by atoms with E-state index in [1.165, 1.54) is 4.31 Å². The molecule has 0 bridgehead atoms. The molecule has 0 saturated carbocycles. The molecule has 0 aliphatic carbocycles. The summed E-state index contributed by atoms with van der Waals surface area (Å²) in [6.45, 7) is 4.67. The molecule has 0 unspecified atom stereocenters. The van der Waals surface area contributed by atoms with E-state index < -0.39 is 10.0 Å². The van der Waals surface area contributed by atoms with Gasteiger partial charge in [-0.25, -0.2) is 8.42 Å². The van der Waals surface area contributed by atoms with Gasteiger partial charge in [-0.05, 0) is 74.4 Å². The number of anilines is 1. The molecule has 28 heavy (non-hydrogen) atoms. The number of amides is 1. The molecule has 0 aromatic heterocycles. The number of thioether (sulfide) groups is 1. The Bertz CT molecular complexity index is 948. The highest BCUT2D eigenvalue weighted by atomic mass is 32.2. The molecule has 0 radical (unpaired) electrons. The van der Waals surface area contributed by atoms with E-state index in [1.54, 1.807) is 23.9 Å². The number of carbonyl (C=O) groups excluding carboxylic acids is 1. The fourth-order valence-electron chi connectivity index (χ4n) is 3.36. The van der Waals surface area contributed by atoms with Crippen molar-refractivity contribution in [2.75, 3.05) is 24.7 Å². The first-order valence-corrected chi connectivity index (χ1v) is 12.0. The van der Waals surface area contributed by atoms with Crippen molar-refractivity contribution >= 4 is 33.4 Å². The number of aryl methyl sites for hydroxylation is 2. The first kappa shape index (κ1) is 20.9. The maximum Gasteiger partial charge on any atom is 0.243 e. The number of nitrogens with one attached hydrogen (secondary N) is 1. The number of hydrogen-bond acceptors (Lipinski definition) is 4. The maximum atomic E-state index is 12.9. The Balaban J connectivity index is 1.63. The minimum absolute atomic E-state index is 0.0323. The van der Waals surface area contributed by atoms with E-state index in [0.29, 0.717) is 30.8 Å². The summed E-state index contributed by atoms with van der Waals surface area (Å²) in [5, 5.41) is 3.01. The summed E-state index contributed by atoms with van der Waals surface area (Å²) in [4.78, 5) is 14.0. The highest BCUT2D eigenvalue weighted by Gasteiger charge is 2.32. The molecule has 1 aliphatic rings. The number of hydrogen-bond donors (Lipinski definition) is 1. The van der Waals surface area contributed by atoms with Crippen molar-refractivity contribution in [3.05, 3.63) is 53.6 Å². The first-order valence-electron chi connectivity index (χ1n) is 9.33. The number of piperidine rings is 1. The third-order valence-corrected chi connectivity index (χ3v) is 7.83. The Labute approximate surface area is 171 Å². The Hall–Kier alpha value is -1.83. The van der Waals surface area contributed by atoms with Gasteiger partial charge in [0.05, 0.1) is 4.90 Å². The van der Waals surface area contributed by atoms with Crippen LogP contribution in [0.1, 0.15) is 24.0 Å². The van der Waals surface area contributed by atoms with E-state index >= 15 is 0 Å². The van der Waals surface area contributed by atoms with Gasteiger partial charge in [-0.1, -0.05) is 12.1 Å². The second-order valence-electron chi connectivity index (χ2n) is 7.16. The van der Waals surface area contributed by atoms with Crippen LogP contribution >= 0.6 is 11.8 Å². The molecule has 150 valence electrons. The Morgan fingerprint density at radius 2 is 1.71 bits per heavy atom. The number of sulfonamides is 1. The standard InChI is InChI=1S/C21H26N2O3S2/c1-15-4-5-16(2)20(14-15)22-21(24)17-10-12-23(13-11-17)28(25,26)19-8-6-18(27-3)7-9-19/h4-9,14,17H,10-13H2,1-3H3,(H,22,24). The van der Waals surface area contributed by atoms with Gasteiger partial charge in [0.15, 0.2) is 0 Å². The molecule has 1 amide bonds. The van der Waals surface area contributed by atoms with Gasteiger partial charge >= 0.3 is 0 Å². The molecular weight excluding hydrogens is 392 g/mol. The highest BCUT2D eigenvalue weighted by molar-refractivity contribution is 7.98. The van der Waals surface area contributed by atoms with Crippen LogP contribution in [-0.4, -0.2) is 38.0 Å². The predicted molar refractivity (Wildman–Crippen MR) is 114 cm³/mol. The topological polar surface area (TPSA) is 66.5 Å². The van der Waals surface area contributed by atoms with Crippen LogP contribution in [0.2, 0.25) is 0 Å². The van der Waals surface area contributed by atoms with Gasteiger partial charge in [-0.15, -0.1) is 11.8 Å². The van der Waals surface area contributed by atoms with E-state index in [9.17, 15) is 13.2 Å². The molecule has 1 N–H and O–H groups in total. The number of rotatable bonds is 5. The smallest absolute Gasteiger partial charge is 0.243 e. The molecular formula is C21H26N2O3S2. The zero-order valence-corrected chi connectivity index (χ0v) is 18.1. The van der Waals surface area contributed by atoms with Crippen molar-refractivity contribution in [1.82, 2.24) is 4.31 Å². The highest BCUT2D eigenvalue weighted by Crippen LogP contribution is 2.27. The summed E-state index contributed by atoms with van der Waals surface area (Å²) < 4.78 is 27.2. The molecule has 1 heterocycles. The average molecular weight is 419 g/mol. The van der Waals surface area contributed by atoms with Gasteiger partial charge < -0.3 is 5.32 Å². The van der Waals surface area contributed by atoms with Gasteiger partial charge in [0.2, 0.25) is 15.9 Å². The Morgan fingerprint density at radius 3 is 2.32 bits per heavy atom. The van der Waals surface area contributed by atoms with Crippen molar-refractivity contribution in [2.45, 2.75) is 36.5 Å². The van der Waals surface area contributed by atoms with Gasteiger partial charge in [0.25, 0.3) is 0 Å². The Kier molecular flexibility index (Phi) is 6.47. The molecule has 1 saturated heterocycles. The SMILES string of the molecule is CSc1ccc(S(=O)(=O)N2CCC(C(=O)Nc3cc(C)ccc3C)CC2)cc1. The summed E-state index contributed by atoms with van der Waals surface area (Å²) in [5.41, 5.74) is 2.94. The van der Waals surface area contributed by atoms with E-state index in [0.717, 1.165) is 21.7 Å². The lowest BCUT2D eigenvalue weighted by molar-refractivity contribution is -0.120. The predicted octanol–water partition coefficient (Wildman–Crippen LogP) is 4.06. The van der Waals surface area contributed by atoms with Crippen molar-refractivity contribution in [2.24, 2.45) is 5.92 Å².